The molecule has 0 aromatic carbocycles. The van der Waals surface area contributed by atoms with E-state index in [4.69, 9.17) is 10.2 Å². The minimum atomic E-state index is -1.70. The monoisotopic (exact) mass is 274 g/mol. The van der Waals surface area contributed by atoms with Gasteiger partial charge in [-0.25, -0.2) is 0 Å². The maximum absolute atomic E-state index is 10.2. The molecule has 0 spiro atoms. The maximum Gasteiger partial charge on any atom is 0.229 e. The molecule has 0 aromatic rings. The van der Waals surface area contributed by atoms with Crippen LogP contribution in [-0.4, -0.2) is 31.8 Å². The summed E-state index contributed by atoms with van der Waals surface area (Å²) in [5, 5.41) is 17.3. The number of carbonyl (C=O) groups is 2. The Bertz CT molecular complexity index is 139. The SMILES string of the molecule is O=C(Br)C(O)C(O)C(=O)Br. The van der Waals surface area contributed by atoms with Gasteiger partial charge in [0.1, 0.15) is 0 Å². The van der Waals surface area contributed by atoms with Gasteiger partial charge in [-0.15, -0.1) is 0 Å². The minimum Gasteiger partial charge on any atom is -0.381 e. The lowest BCUT2D eigenvalue weighted by Crippen LogP contribution is -2.35. The molecular weight excluding hydrogens is 272 g/mol. The standard InChI is InChI=1S/C4H4Br2O4/c5-3(9)1(7)2(8)4(6)10/h1-2,7-8H. The molecule has 0 aliphatic rings. The molecule has 0 radical (unpaired) electrons. The second kappa shape index (κ2) is 4.17. The topological polar surface area (TPSA) is 74.6 Å². The van der Waals surface area contributed by atoms with Gasteiger partial charge in [0.15, 0.2) is 12.2 Å². The molecule has 10 heavy (non-hydrogen) atoms. The normalized spacial score (nSPS) is 16.0. The molecule has 0 saturated carbocycles. The van der Waals surface area contributed by atoms with E-state index in [1.165, 1.54) is 0 Å². The van der Waals surface area contributed by atoms with Gasteiger partial charge in [-0.3, -0.25) is 9.59 Å². The van der Waals surface area contributed by atoms with E-state index in [1.807, 2.05) is 0 Å². The zero-order valence-electron chi connectivity index (χ0n) is 4.62. The first-order chi connectivity index (χ1) is 4.46. The first-order valence-corrected chi connectivity index (χ1v) is 3.80. The number of hydrogen-bond donors (Lipinski definition) is 2. The van der Waals surface area contributed by atoms with Gasteiger partial charge in [0.2, 0.25) is 9.39 Å². The Morgan fingerprint density at radius 1 is 1.00 bits per heavy atom. The summed E-state index contributed by atoms with van der Waals surface area (Å²) >= 11 is 4.77. The van der Waals surface area contributed by atoms with Crippen LogP contribution in [0.5, 0.6) is 0 Å². The first kappa shape index (κ1) is 10.2. The average molecular weight is 276 g/mol. The summed E-state index contributed by atoms with van der Waals surface area (Å²) in [4.78, 5) is 20.4. The van der Waals surface area contributed by atoms with Crippen LogP contribution in [0.1, 0.15) is 0 Å². The zero-order valence-corrected chi connectivity index (χ0v) is 7.79. The minimum absolute atomic E-state index is 0.826. The summed E-state index contributed by atoms with van der Waals surface area (Å²) in [5.41, 5.74) is 0. The number of halogens is 2. The highest BCUT2D eigenvalue weighted by Crippen LogP contribution is 2.04. The lowest BCUT2D eigenvalue weighted by atomic mass is 10.2. The van der Waals surface area contributed by atoms with Crippen molar-refractivity contribution < 1.29 is 19.8 Å². The molecule has 0 saturated heterocycles. The van der Waals surface area contributed by atoms with Gasteiger partial charge in [0, 0.05) is 0 Å². The van der Waals surface area contributed by atoms with Gasteiger partial charge in [-0.1, -0.05) is 0 Å². The highest BCUT2D eigenvalue weighted by Gasteiger charge is 2.26. The highest BCUT2D eigenvalue weighted by atomic mass is 79.9. The lowest BCUT2D eigenvalue weighted by Gasteiger charge is -2.08. The Balaban J connectivity index is 4.07. The van der Waals surface area contributed by atoms with Crippen molar-refractivity contribution in [3.63, 3.8) is 0 Å². The van der Waals surface area contributed by atoms with E-state index in [1.54, 1.807) is 0 Å². The van der Waals surface area contributed by atoms with Gasteiger partial charge in [0.25, 0.3) is 0 Å². The molecule has 0 bridgehead atoms. The Morgan fingerprint density at radius 2 is 1.20 bits per heavy atom. The molecule has 0 heterocycles. The predicted octanol–water partition coefficient (Wildman–Crippen LogP) is -0.449. The van der Waals surface area contributed by atoms with E-state index in [2.05, 4.69) is 31.9 Å². The first-order valence-electron chi connectivity index (χ1n) is 2.21. The van der Waals surface area contributed by atoms with E-state index >= 15 is 0 Å². The molecule has 58 valence electrons. The van der Waals surface area contributed by atoms with Crippen molar-refractivity contribution in [1.29, 1.82) is 0 Å². The Morgan fingerprint density at radius 3 is 1.30 bits per heavy atom. The van der Waals surface area contributed by atoms with Crippen LogP contribution in [0.25, 0.3) is 0 Å². The molecule has 0 aliphatic heterocycles. The Labute approximate surface area is 73.5 Å². The van der Waals surface area contributed by atoms with Crippen molar-refractivity contribution in [2.45, 2.75) is 12.2 Å². The summed E-state index contributed by atoms with van der Waals surface area (Å²) in [7, 11) is 0. The fraction of sp³-hybridized carbons (Fsp3) is 0.500. The number of aliphatic hydroxyl groups is 2. The third-order valence-electron chi connectivity index (χ3n) is 0.764. The fourth-order valence-electron chi connectivity index (χ4n) is 0.248. The van der Waals surface area contributed by atoms with Crippen LogP contribution in [0.3, 0.4) is 0 Å². The van der Waals surface area contributed by atoms with Gasteiger partial charge in [-0.2, -0.15) is 0 Å². The molecule has 0 amide bonds. The predicted molar refractivity (Wildman–Crippen MR) is 39.9 cm³/mol. The molecule has 2 atom stereocenters. The van der Waals surface area contributed by atoms with E-state index in [9.17, 15) is 9.59 Å². The molecule has 2 unspecified atom stereocenters. The van der Waals surface area contributed by atoms with Crippen LogP contribution in [0, 0.1) is 0 Å². The van der Waals surface area contributed by atoms with Gasteiger partial charge < -0.3 is 10.2 Å². The summed E-state index contributed by atoms with van der Waals surface area (Å²) in [5.74, 6) is 0. The van der Waals surface area contributed by atoms with Crippen molar-refractivity contribution in [2.24, 2.45) is 0 Å². The molecule has 0 rings (SSSR count). The zero-order chi connectivity index (χ0) is 8.31. The second-order valence-electron chi connectivity index (χ2n) is 1.50. The molecular formula is C4H4Br2O4. The smallest absolute Gasteiger partial charge is 0.229 e. The number of aliphatic hydroxyl groups excluding tert-OH is 2. The molecule has 2 N–H and O–H groups in total. The number of rotatable bonds is 3. The van der Waals surface area contributed by atoms with E-state index in [0.717, 1.165) is 0 Å². The molecule has 0 aliphatic carbocycles. The van der Waals surface area contributed by atoms with E-state index in [0.29, 0.717) is 0 Å². The lowest BCUT2D eigenvalue weighted by molar-refractivity contribution is -0.132. The fourth-order valence-corrected chi connectivity index (χ4v) is 0.749. The third-order valence-corrected chi connectivity index (χ3v) is 1.70. The van der Waals surface area contributed by atoms with Crippen molar-refractivity contribution >= 4 is 41.2 Å². The van der Waals surface area contributed by atoms with Crippen molar-refractivity contribution in [2.75, 3.05) is 0 Å². The van der Waals surface area contributed by atoms with Gasteiger partial charge in [0.05, 0.1) is 0 Å². The molecule has 0 aromatic heterocycles. The molecule has 4 nitrogen and oxygen atoms in total. The van der Waals surface area contributed by atoms with Crippen LogP contribution < -0.4 is 0 Å². The van der Waals surface area contributed by atoms with Crippen LogP contribution in [-0.2, 0) is 9.59 Å². The van der Waals surface area contributed by atoms with Crippen LogP contribution in [0.15, 0.2) is 0 Å². The van der Waals surface area contributed by atoms with Gasteiger partial charge >= 0.3 is 0 Å². The average Bonchev–Trinajstić information content (AvgIpc) is 1.84. The summed E-state index contributed by atoms with van der Waals surface area (Å²) in [6, 6.07) is 0. The van der Waals surface area contributed by atoms with Crippen LogP contribution in [0.2, 0.25) is 0 Å². The summed E-state index contributed by atoms with van der Waals surface area (Å²) in [6.07, 6.45) is -3.40. The maximum atomic E-state index is 10.2. The second-order valence-corrected chi connectivity index (χ2v) is 3.06. The van der Waals surface area contributed by atoms with Crippen molar-refractivity contribution in [3.8, 4) is 0 Å². The van der Waals surface area contributed by atoms with E-state index in [-0.39, 0.29) is 0 Å². The third kappa shape index (κ3) is 2.87. The van der Waals surface area contributed by atoms with E-state index < -0.39 is 21.6 Å². The van der Waals surface area contributed by atoms with Gasteiger partial charge in [-0.05, 0) is 31.9 Å². The van der Waals surface area contributed by atoms with Crippen LogP contribution >= 0.6 is 31.9 Å². The molecule has 6 heteroatoms. The van der Waals surface area contributed by atoms with Crippen molar-refractivity contribution in [1.82, 2.24) is 0 Å². The summed E-state index contributed by atoms with van der Waals surface area (Å²) < 4.78 is -1.65. The number of carbonyl (C=O) groups excluding carboxylic acids is 2. The van der Waals surface area contributed by atoms with Crippen LogP contribution in [0.4, 0.5) is 0 Å². The van der Waals surface area contributed by atoms with Crippen molar-refractivity contribution in [3.05, 3.63) is 0 Å². The summed E-state index contributed by atoms with van der Waals surface area (Å²) in [6.45, 7) is 0. The Kier molecular flexibility index (Phi) is 4.26. The Hall–Kier alpha value is 0.220. The number of hydrogen-bond acceptors (Lipinski definition) is 4. The highest BCUT2D eigenvalue weighted by molar-refractivity contribution is 9.18. The largest absolute Gasteiger partial charge is 0.381 e. The molecule has 0 fully saturated rings. The quantitative estimate of drug-likeness (QED) is 0.685.